The highest BCUT2D eigenvalue weighted by atomic mass is 15.6. The van der Waals surface area contributed by atoms with Crippen molar-refractivity contribution in [2.24, 2.45) is 5.41 Å². The van der Waals surface area contributed by atoms with Crippen molar-refractivity contribution in [3.05, 3.63) is 0 Å². The lowest BCUT2D eigenvalue weighted by molar-refractivity contribution is 0.243. The van der Waals surface area contributed by atoms with Gasteiger partial charge >= 0.3 is 0 Å². The van der Waals surface area contributed by atoms with E-state index in [9.17, 15) is 0 Å². The highest BCUT2D eigenvalue weighted by molar-refractivity contribution is 5.13. The van der Waals surface area contributed by atoms with Crippen molar-refractivity contribution >= 4 is 5.95 Å². The molecule has 1 aliphatic carbocycles. The molecule has 5 nitrogen and oxygen atoms in total. The molecule has 0 aromatic carbocycles. The summed E-state index contributed by atoms with van der Waals surface area (Å²) in [5, 5.41) is 11.2. The number of anilines is 1. The van der Waals surface area contributed by atoms with E-state index in [-0.39, 0.29) is 5.41 Å². The van der Waals surface area contributed by atoms with Crippen molar-refractivity contribution in [1.29, 1.82) is 0 Å². The molecule has 1 heterocycles. The van der Waals surface area contributed by atoms with Crippen LogP contribution in [0.4, 0.5) is 5.95 Å². The zero-order valence-electron chi connectivity index (χ0n) is 8.06. The molecule has 0 aliphatic heterocycles. The molecule has 72 valence electrons. The van der Waals surface area contributed by atoms with E-state index >= 15 is 0 Å². The number of nitrogens with zero attached hydrogens (tertiary/aromatic N) is 4. The summed E-state index contributed by atoms with van der Waals surface area (Å²) in [7, 11) is 0. The van der Waals surface area contributed by atoms with Gasteiger partial charge in [0.2, 0.25) is 5.95 Å². The van der Waals surface area contributed by atoms with Crippen LogP contribution >= 0.6 is 0 Å². The molecule has 1 aromatic heterocycles. The molecular formula is C8H15N5. The maximum absolute atomic E-state index is 5.67. The van der Waals surface area contributed by atoms with Crippen LogP contribution in [0.15, 0.2) is 0 Å². The Balaban J connectivity index is 2.31. The first-order valence-electron chi connectivity index (χ1n) is 4.64. The van der Waals surface area contributed by atoms with Gasteiger partial charge in [0.1, 0.15) is 0 Å². The molecule has 1 aliphatic rings. The molecule has 0 amide bonds. The van der Waals surface area contributed by atoms with Gasteiger partial charge in [-0.3, -0.25) is 0 Å². The van der Waals surface area contributed by atoms with Gasteiger partial charge in [-0.15, -0.1) is 0 Å². The monoisotopic (exact) mass is 181 g/mol. The third-order valence-corrected chi connectivity index (χ3v) is 3.01. The van der Waals surface area contributed by atoms with Gasteiger partial charge in [-0.05, 0) is 28.7 Å². The first kappa shape index (κ1) is 8.47. The van der Waals surface area contributed by atoms with Crippen molar-refractivity contribution in [1.82, 2.24) is 20.2 Å². The second-order valence-electron chi connectivity index (χ2n) is 4.38. The molecule has 1 fully saturated rings. The van der Waals surface area contributed by atoms with Crippen LogP contribution in [0.3, 0.4) is 0 Å². The molecule has 13 heavy (non-hydrogen) atoms. The maximum atomic E-state index is 5.67. The van der Waals surface area contributed by atoms with E-state index in [4.69, 9.17) is 5.73 Å². The first-order chi connectivity index (χ1) is 6.11. The van der Waals surface area contributed by atoms with Gasteiger partial charge in [-0.1, -0.05) is 25.4 Å². The summed E-state index contributed by atoms with van der Waals surface area (Å²) in [6, 6.07) is 0.363. The molecule has 0 spiro atoms. The normalized spacial score (nSPS) is 26.5. The molecule has 1 saturated carbocycles. The number of aromatic nitrogens is 4. The molecule has 0 radical (unpaired) electrons. The number of hydrogen-bond acceptors (Lipinski definition) is 4. The summed E-state index contributed by atoms with van der Waals surface area (Å²) in [5.74, 6) is 0.431. The van der Waals surface area contributed by atoms with Crippen LogP contribution in [0.5, 0.6) is 0 Å². The van der Waals surface area contributed by atoms with Crippen molar-refractivity contribution in [3.8, 4) is 0 Å². The summed E-state index contributed by atoms with van der Waals surface area (Å²) >= 11 is 0. The van der Waals surface area contributed by atoms with Gasteiger partial charge < -0.3 is 5.73 Å². The number of hydrogen-bond donors (Lipinski definition) is 1. The van der Waals surface area contributed by atoms with E-state index in [0.29, 0.717) is 12.0 Å². The lowest BCUT2D eigenvalue weighted by Crippen LogP contribution is -2.23. The average Bonchev–Trinajstić information content (AvgIpc) is 2.56. The Morgan fingerprint density at radius 2 is 2.31 bits per heavy atom. The van der Waals surface area contributed by atoms with Gasteiger partial charge in [-0.25, -0.2) is 4.68 Å². The summed E-state index contributed by atoms with van der Waals surface area (Å²) < 4.78 is 1.76. The van der Waals surface area contributed by atoms with Crippen LogP contribution < -0.4 is 5.73 Å². The minimum atomic E-state index is 0.267. The summed E-state index contributed by atoms with van der Waals surface area (Å²) in [6.07, 6.45) is 3.58. The number of rotatable bonds is 1. The van der Waals surface area contributed by atoms with Crippen LogP contribution in [0.1, 0.15) is 39.2 Å². The Labute approximate surface area is 77.3 Å². The molecule has 2 rings (SSSR count). The van der Waals surface area contributed by atoms with Crippen molar-refractivity contribution in [2.45, 2.75) is 39.2 Å². The van der Waals surface area contributed by atoms with Gasteiger partial charge in [0.25, 0.3) is 0 Å². The molecule has 0 saturated heterocycles. The smallest absolute Gasteiger partial charge is 0.240 e. The van der Waals surface area contributed by atoms with E-state index in [0.717, 1.165) is 6.42 Å². The second kappa shape index (κ2) is 2.68. The highest BCUT2D eigenvalue weighted by Crippen LogP contribution is 2.45. The fraction of sp³-hybridized carbons (Fsp3) is 0.875. The number of tetrazole rings is 1. The van der Waals surface area contributed by atoms with Crippen molar-refractivity contribution in [2.75, 3.05) is 5.73 Å². The van der Waals surface area contributed by atoms with Crippen LogP contribution in [0, 0.1) is 5.41 Å². The fourth-order valence-electron chi connectivity index (χ4n) is 2.18. The predicted molar refractivity (Wildman–Crippen MR) is 48.9 cm³/mol. The summed E-state index contributed by atoms with van der Waals surface area (Å²) in [4.78, 5) is 0. The minimum absolute atomic E-state index is 0.267. The van der Waals surface area contributed by atoms with Crippen LogP contribution in [0.2, 0.25) is 0 Å². The zero-order chi connectivity index (χ0) is 9.47. The summed E-state index contributed by atoms with van der Waals surface area (Å²) in [5.41, 5.74) is 5.94. The van der Waals surface area contributed by atoms with Gasteiger partial charge in [-0.2, -0.15) is 0 Å². The SMILES string of the molecule is CC1(C)CCCC1n1nnnc1N. The predicted octanol–water partition coefficient (Wildman–Crippen LogP) is 1.01. The molecule has 1 unspecified atom stereocenters. The molecule has 2 N–H and O–H groups in total. The topological polar surface area (TPSA) is 69.6 Å². The highest BCUT2D eigenvalue weighted by Gasteiger charge is 2.37. The lowest BCUT2D eigenvalue weighted by Gasteiger charge is -2.26. The minimum Gasteiger partial charge on any atom is -0.367 e. The zero-order valence-corrected chi connectivity index (χ0v) is 8.06. The van der Waals surface area contributed by atoms with E-state index in [1.54, 1.807) is 4.68 Å². The Morgan fingerprint density at radius 1 is 1.54 bits per heavy atom. The van der Waals surface area contributed by atoms with E-state index in [1.165, 1.54) is 12.8 Å². The largest absolute Gasteiger partial charge is 0.367 e. The summed E-state index contributed by atoms with van der Waals surface area (Å²) in [6.45, 7) is 4.48. The molecule has 0 bridgehead atoms. The Kier molecular flexibility index (Phi) is 1.75. The van der Waals surface area contributed by atoms with Crippen molar-refractivity contribution < 1.29 is 0 Å². The van der Waals surface area contributed by atoms with Crippen LogP contribution in [0.25, 0.3) is 0 Å². The van der Waals surface area contributed by atoms with E-state index in [1.807, 2.05) is 0 Å². The standard InChI is InChI=1S/C8H15N5/c1-8(2)5-3-4-6(8)13-7(9)10-11-12-13/h6H,3-5H2,1-2H3,(H2,9,10,12). The number of nitrogens with two attached hydrogens (primary N) is 1. The quantitative estimate of drug-likeness (QED) is 0.701. The Hall–Kier alpha value is -1.13. The first-order valence-corrected chi connectivity index (χ1v) is 4.64. The third-order valence-electron chi connectivity index (χ3n) is 3.01. The second-order valence-corrected chi connectivity index (χ2v) is 4.38. The Morgan fingerprint density at radius 3 is 2.77 bits per heavy atom. The van der Waals surface area contributed by atoms with Crippen LogP contribution in [-0.2, 0) is 0 Å². The van der Waals surface area contributed by atoms with E-state index in [2.05, 4.69) is 29.4 Å². The lowest BCUT2D eigenvalue weighted by atomic mass is 9.87. The number of nitrogen functional groups attached to an aromatic ring is 1. The van der Waals surface area contributed by atoms with Gasteiger partial charge in [0.15, 0.2) is 0 Å². The third kappa shape index (κ3) is 1.28. The molecular weight excluding hydrogens is 166 g/mol. The molecule has 1 aromatic rings. The van der Waals surface area contributed by atoms with E-state index < -0.39 is 0 Å². The average molecular weight is 181 g/mol. The molecule has 1 atom stereocenters. The van der Waals surface area contributed by atoms with Crippen molar-refractivity contribution in [3.63, 3.8) is 0 Å². The Bertz CT molecular complexity index is 303. The molecule has 5 heteroatoms. The van der Waals surface area contributed by atoms with Gasteiger partial charge in [0, 0.05) is 0 Å². The maximum Gasteiger partial charge on any atom is 0.240 e. The van der Waals surface area contributed by atoms with Crippen LogP contribution in [-0.4, -0.2) is 20.2 Å². The fourth-order valence-corrected chi connectivity index (χ4v) is 2.18. The van der Waals surface area contributed by atoms with Gasteiger partial charge in [0.05, 0.1) is 6.04 Å².